The normalized spacial score (nSPS) is 23.7. The number of hydrogen-bond donors (Lipinski definition) is 0. The van der Waals surface area contributed by atoms with E-state index in [4.69, 9.17) is 33.2 Å². The Balaban J connectivity index is 2.06. The fourth-order valence-corrected chi connectivity index (χ4v) is 3.42. The molecule has 1 aromatic carbocycles. The zero-order valence-electron chi connectivity index (χ0n) is 18.3. The number of ether oxygens (including phenoxy) is 7. The molecule has 0 aliphatic carbocycles. The van der Waals surface area contributed by atoms with Crippen LogP contribution in [0.2, 0.25) is 0 Å². The van der Waals surface area contributed by atoms with Gasteiger partial charge < -0.3 is 33.2 Å². The van der Waals surface area contributed by atoms with Gasteiger partial charge >= 0.3 is 5.97 Å². The van der Waals surface area contributed by atoms with E-state index in [9.17, 15) is 4.79 Å². The van der Waals surface area contributed by atoms with Crippen molar-refractivity contribution in [1.82, 2.24) is 0 Å². The molecule has 170 valence electrons. The van der Waals surface area contributed by atoms with Gasteiger partial charge in [0.05, 0.1) is 37.9 Å². The summed E-state index contributed by atoms with van der Waals surface area (Å²) < 4.78 is 38.6. The number of methoxy groups -OCH3 is 3. The SMILES string of the molecule is COCO[C@H](C[C@H]1C[C@@H](CC(=O)OC)O[C@@H](c2ccccc2)O1)C[C@H](C)OCOC. The first-order chi connectivity index (χ1) is 14.5. The second-order valence-electron chi connectivity index (χ2n) is 7.33. The zero-order valence-corrected chi connectivity index (χ0v) is 18.3. The Kier molecular flexibility index (Phi) is 11.3. The third-order valence-electron chi connectivity index (χ3n) is 4.86. The third kappa shape index (κ3) is 8.67. The van der Waals surface area contributed by atoms with Crippen molar-refractivity contribution in [2.45, 2.75) is 63.3 Å². The number of esters is 1. The standard InChI is InChI=1S/C22H34O8/c1-16(27-14-24-2)10-18(28-15-25-3)11-19-12-20(13-21(23)26-4)30-22(29-19)17-8-6-5-7-9-17/h5-9,16,18-20,22H,10-15H2,1-4H3/t16-,18-,19-,20-,22-/m0/s1. The highest BCUT2D eigenvalue weighted by Crippen LogP contribution is 2.33. The lowest BCUT2D eigenvalue weighted by atomic mass is 9.98. The molecule has 0 amide bonds. The van der Waals surface area contributed by atoms with Gasteiger partial charge in [-0.2, -0.15) is 0 Å². The molecule has 1 aliphatic heterocycles. The Morgan fingerprint density at radius 3 is 2.37 bits per heavy atom. The summed E-state index contributed by atoms with van der Waals surface area (Å²) in [4.78, 5) is 11.8. The molecule has 0 N–H and O–H groups in total. The molecule has 2 rings (SSSR count). The highest BCUT2D eigenvalue weighted by atomic mass is 16.7. The van der Waals surface area contributed by atoms with Crippen LogP contribution in [0.3, 0.4) is 0 Å². The first-order valence-electron chi connectivity index (χ1n) is 10.2. The molecule has 5 atom stereocenters. The van der Waals surface area contributed by atoms with E-state index < -0.39 is 6.29 Å². The number of benzene rings is 1. The molecule has 1 heterocycles. The van der Waals surface area contributed by atoms with Crippen LogP contribution in [0.4, 0.5) is 0 Å². The summed E-state index contributed by atoms with van der Waals surface area (Å²) >= 11 is 0. The maximum absolute atomic E-state index is 11.8. The predicted octanol–water partition coefficient (Wildman–Crippen LogP) is 3.20. The van der Waals surface area contributed by atoms with E-state index in [0.717, 1.165) is 5.56 Å². The van der Waals surface area contributed by atoms with Crippen LogP contribution in [-0.2, 0) is 38.0 Å². The van der Waals surface area contributed by atoms with Crippen molar-refractivity contribution in [2.24, 2.45) is 0 Å². The van der Waals surface area contributed by atoms with E-state index in [1.807, 2.05) is 37.3 Å². The zero-order chi connectivity index (χ0) is 21.8. The lowest BCUT2D eigenvalue weighted by molar-refractivity contribution is -0.256. The van der Waals surface area contributed by atoms with Gasteiger partial charge in [-0.25, -0.2) is 0 Å². The van der Waals surface area contributed by atoms with E-state index >= 15 is 0 Å². The predicted molar refractivity (Wildman–Crippen MR) is 109 cm³/mol. The average molecular weight is 427 g/mol. The lowest BCUT2D eigenvalue weighted by Gasteiger charge is -2.37. The van der Waals surface area contributed by atoms with Gasteiger partial charge in [0.2, 0.25) is 0 Å². The van der Waals surface area contributed by atoms with E-state index in [1.165, 1.54) is 7.11 Å². The van der Waals surface area contributed by atoms with E-state index in [-0.39, 0.29) is 50.4 Å². The summed E-state index contributed by atoms with van der Waals surface area (Å²) in [7, 11) is 4.56. The van der Waals surface area contributed by atoms with Crippen LogP contribution in [0.5, 0.6) is 0 Å². The Morgan fingerprint density at radius 1 is 1.03 bits per heavy atom. The summed E-state index contributed by atoms with van der Waals surface area (Å²) in [6, 6.07) is 9.69. The molecule has 0 saturated carbocycles. The molecule has 0 spiro atoms. The van der Waals surface area contributed by atoms with Gasteiger partial charge in [-0.1, -0.05) is 30.3 Å². The molecular weight excluding hydrogens is 392 g/mol. The second-order valence-corrected chi connectivity index (χ2v) is 7.33. The molecule has 0 bridgehead atoms. The van der Waals surface area contributed by atoms with E-state index in [2.05, 4.69) is 0 Å². The van der Waals surface area contributed by atoms with E-state index in [0.29, 0.717) is 19.3 Å². The van der Waals surface area contributed by atoms with Gasteiger partial charge in [0.15, 0.2) is 6.29 Å². The summed E-state index contributed by atoms with van der Waals surface area (Å²) in [5.41, 5.74) is 0.906. The highest BCUT2D eigenvalue weighted by Gasteiger charge is 2.34. The minimum absolute atomic E-state index is 0.0533. The minimum atomic E-state index is -0.551. The van der Waals surface area contributed by atoms with Crippen molar-refractivity contribution in [3.8, 4) is 0 Å². The summed E-state index contributed by atoms with van der Waals surface area (Å²) in [5, 5.41) is 0. The van der Waals surface area contributed by atoms with Crippen LogP contribution in [-0.4, -0.2) is 65.3 Å². The summed E-state index contributed by atoms with van der Waals surface area (Å²) in [6.07, 6.45) is 0.818. The first kappa shape index (κ1) is 24.7. The van der Waals surface area contributed by atoms with Crippen LogP contribution in [0.25, 0.3) is 0 Å². The van der Waals surface area contributed by atoms with Gasteiger partial charge in [0, 0.05) is 32.6 Å². The molecular formula is C22H34O8. The topological polar surface area (TPSA) is 81.7 Å². The van der Waals surface area contributed by atoms with Gasteiger partial charge in [-0.15, -0.1) is 0 Å². The quantitative estimate of drug-likeness (QED) is 0.351. The van der Waals surface area contributed by atoms with Gasteiger partial charge in [0.25, 0.3) is 0 Å². The maximum atomic E-state index is 11.8. The van der Waals surface area contributed by atoms with Crippen molar-refractivity contribution >= 4 is 5.97 Å². The van der Waals surface area contributed by atoms with Crippen molar-refractivity contribution in [2.75, 3.05) is 34.9 Å². The fourth-order valence-electron chi connectivity index (χ4n) is 3.42. The number of rotatable bonds is 13. The first-order valence-corrected chi connectivity index (χ1v) is 10.2. The Hall–Kier alpha value is -1.55. The monoisotopic (exact) mass is 426 g/mol. The second kappa shape index (κ2) is 13.7. The van der Waals surface area contributed by atoms with Crippen molar-refractivity contribution < 1.29 is 38.0 Å². The molecule has 1 aliphatic rings. The van der Waals surface area contributed by atoms with Gasteiger partial charge in [-0.3, -0.25) is 4.79 Å². The van der Waals surface area contributed by atoms with Gasteiger partial charge in [-0.05, 0) is 13.3 Å². The molecule has 0 unspecified atom stereocenters. The molecule has 8 heteroatoms. The summed E-state index contributed by atoms with van der Waals surface area (Å²) in [6.45, 7) is 2.38. The maximum Gasteiger partial charge on any atom is 0.308 e. The minimum Gasteiger partial charge on any atom is -0.469 e. The molecule has 30 heavy (non-hydrogen) atoms. The number of carbonyl (C=O) groups is 1. The smallest absolute Gasteiger partial charge is 0.308 e. The molecule has 0 aromatic heterocycles. The third-order valence-corrected chi connectivity index (χ3v) is 4.86. The number of carbonyl (C=O) groups excluding carboxylic acids is 1. The number of hydrogen-bond acceptors (Lipinski definition) is 8. The van der Waals surface area contributed by atoms with Crippen molar-refractivity contribution in [3.63, 3.8) is 0 Å². The van der Waals surface area contributed by atoms with Crippen LogP contribution in [0.15, 0.2) is 30.3 Å². The Morgan fingerprint density at radius 2 is 1.70 bits per heavy atom. The van der Waals surface area contributed by atoms with Crippen LogP contribution >= 0.6 is 0 Å². The molecule has 1 saturated heterocycles. The van der Waals surface area contributed by atoms with E-state index in [1.54, 1.807) is 14.2 Å². The molecule has 8 nitrogen and oxygen atoms in total. The Labute approximate surface area is 178 Å². The fraction of sp³-hybridized carbons (Fsp3) is 0.682. The van der Waals surface area contributed by atoms with Gasteiger partial charge in [0.1, 0.15) is 13.6 Å². The molecule has 1 aromatic rings. The van der Waals surface area contributed by atoms with Crippen LogP contribution < -0.4 is 0 Å². The largest absolute Gasteiger partial charge is 0.469 e. The lowest BCUT2D eigenvalue weighted by Crippen LogP contribution is -2.38. The molecule has 0 radical (unpaired) electrons. The average Bonchev–Trinajstić information content (AvgIpc) is 2.76. The summed E-state index contributed by atoms with van der Waals surface area (Å²) in [5.74, 6) is -0.304. The highest BCUT2D eigenvalue weighted by molar-refractivity contribution is 5.69. The van der Waals surface area contributed by atoms with Crippen LogP contribution in [0.1, 0.15) is 44.5 Å². The van der Waals surface area contributed by atoms with Crippen LogP contribution in [0, 0.1) is 0 Å². The van der Waals surface area contributed by atoms with Crippen molar-refractivity contribution in [1.29, 1.82) is 0 Å². The Bertz CT molecular complexity index is 596. The molecule has 1 fully saturated rings. The van der Waals surface area contributed by atoms with Crippen molar-refractivity contribution in [3.05, 3.63) is 35.9 Å².